The summed E-state index contributed by atoms with van der Waals surface area (Å²) in [5, 5.41) is 2.32. The van der Waals surface area contributed by atoms with Crippen LogP contribution >= 0.6 is 11.3 Å². The van der Waals surface area contributed by atoms with Gasteiger partial charge in [-0.3, -0.25) is 14.5 Å². The molecule has 2 amide bonds. The number of aromatic nitrogens is 1. The van der Waals surface area contributed by atoms with Crippen LogP contribution in [0.1, 0.15) is 15.9 Å². The van der Waals surface area contributed by atoms with Gasteiger partial charge in [-0.1, -0.05) is 36.4 Å². The molecule has 0 saturated heterocycles. The second-order valence-corrected chi connectivity index (χ2v) is 8.01. The normalized spacial score (nSPS) is 10.6. The number of benzene rings is 3. The van der Waals surface area contributed by atoms with E-state index >= 15 is 0 Å². The number of ether oxygens (including phenoxy) is 1. The van der Waals surface area contributed by atoms with Crippen LogP contribution in [0.25, 0.3) is 11.3 Å². The molecule has 0 radical (unpaired) electrons. The number of anilines is 1. The van der Waals surface area contributed by atoms with E-state index in [1.165, 1.54) is 29.5 Å². The van der Waals surface area contributed by atoms with Gasteiger partial charge >= 0.3 is 0 Å². The van der Waals surface area contributed by atoms with Gasteiger partial charge in [0.1, 0.15) is 11.6 Å². The number of nitrogens with zero attached hydrogens (tertiary/aromatic N) is 2. The molecule has 0 atom stereocenters. The Morgan fingerprint density at radius 2 is 1.76 bits per heavy atom. The first-order chi connectivity index (χ1) is 16.0. The third-order valence-electron chi connectivity index (χ3n) is 4.83. The van der Waals surface area contributed by atoms with Crippen molar-refractivity contribution in [2.24, 2.45) is 5.73 Å². The summed E-state index contributed by atoms with van der Waals surface area (Å²) in [6.45, 7) is 0.0568. The van der Waals surface area contributed by atoms with E-state index in [2.05, 4.69) is 4.98 Å². The quantitative estimate of drug-likeness (QED) is 0.414. The van der Waals surface area contributed by atoms with Gasteiger partial charge < -0.3 is 10.5 Å². The topological polar surface area (TPSA) is 85.5 Å². The summed E-state index contributed by atoms with van der Waals surface area (Å²) in [7, 11) is 0. The minimum Gasteiger partial charge on any atom is -0.484 e. The average molecular weight is 462 g/mol. The molecule has 0 aliphatic rings. The molecule has 0 aliphatic carbocycles. The van der Waals surface area contributed by atoms with Crippen LogP contribution < -0.4 is 15.4 Å². The van der Waals surface area contributed by atoms with Gasteiger partial charge in [0.25, 0.3) is 5.91 Å². The van der Waals surface area contributed by atoms with Gasteiger partial charge in [0.15, 0.2) is 11.7 Å². The van der Waals surface area contributed by atoms with E-state index in [1.54, 1.807) is 35.2 Å². The summed E-state index contributed by atoms with van der Waals surface area (Å²) in [6, 6.07) is 21.9. The van der Waals surface area contributed by atoms with Crippen molar-refractivity contribution in [3.63, 3.8) is 0 Å². The highest BCUT2D eigenvalue weighted by molar-refractivity contribution is 7.14. The number of carbonyl (C=O) groups is 2. The highest BCUT2D eigenvalue weighted by Crippen LogP contribution is 2.29. The molecule has 33 heavy (non-hydrogen) atoms. The molecule has 0 aliphatic heterocycles. The number of nitrogens with two attached hydrogens (primary N) is 1. The fourth-order valence-corrected chi connectivity index (χ4v) is 3.98. The Labute approximate surface area is 194 Å². The van der Waals surface area contributed by atoms with Gasteiger partial charge in [0, 0.05) is 16.5 Å². The van der Waals surface area contributed by atoms with Crippen LogP contribution in [0.4, 0.5) is 9.52 Å². The molecule has 4 aromatic rings. The predicted octanol–water partition coefficient (Wildman–Crippen LogP) is 4.66. The zero-order valence-electron chi connectivity index (χ0n) is 17.5. The molecule has 4 rings (SSSR count). The van der Waals surface area contributed by atoms with Crippen molar-refractivity contribution in [3.8, 4) is 17.0 Å². The van der Waals surface area contributed by atoms with Crippen LogP contribution in [-0.2, 0) is 11.3 Å². The molecule has 8 heteroatoms. The van der Waals surface area contributed by atoms with Gasteiger partial charge in [-0.05, 0) is 48.0 Å². The Morgan fingerprint density at radius 3 is 2.48 bits per heavy atom. The lowest BCUT2D eigenvalue weighted by atomic mass is 10.2. The van der Waals surface area contributed by atoms with Gasteiger partial charge in [-0.25, -0.2) is 9.37 Å². The van der Waals surface area contributed by atoms with E-state index in [1.807, 2.05) is 35.7 Å². The van der Waals surface area contributed by atoms with Crippen molar-refractivity contribution in [3.05, 3.63) is 101 Å². The Morgan fingerprint density at radius 1 is 1.00 bits per heavy atom. The second kappa shape index (κ2) is 10.1. The fourth-order valence-electron chi connectivity index (χ4n) is 3.13. The number of primary amides is 1. The summed E-state index contributed by atoms with van der Waals surface area (Å²) < 4.78 is 18.9. The molecule has 0 spiro atoms. The van der Waals surface area contributed by atoms with E-state index in [9.17, 15) is 14.0 Å². The molecule has 166 valence electrons. The number of carbonyl (C=O) groups excluding carboxylic acids is 2. The molecular weight excluding hydrogens is 441 g/mol. The van der Waals surface area contributed by atoms with Crippen molar-refractivity contribution >= 4 is 28.3 Å². The Hall–Kier alpha value is -4.04. The number of hydrogen-bond acceptors (Lipinski definition) is 5. The minimum absolute atomic E-state index is 0.249. The molecule has 1 heterocycles. The highest BCUT2D eigenvalue weighted by atomic mass is 32.1. The highest BCUT2D eigenvalue weighted by Gasteiger charge is 2.21. The molecule has 3 aromatic carbocycles. The van der Waals surface area contributed by atoms with E-state index in [4.69, 9.17) is 10.5 Å². The molecule has 0 bridgehead atoms. The molecule has 0 saturated carbocycles. The van der Waals surface area contributed by atoms with E-state index < -0.39 is 5.91 Å². The standard InChI is InChI=1S/C25H20FN3O3S/c26-20-11-9-18(10-12-20)22-16-33-25(28-22)29(14-17-5-2-1-3-6-17)23(30)15-32-21-8-4-7-19(13-21)24(27)31/h1-13,16H,14-15H2,(H2,27,31). The predicted molar refractivity (Wildman–Crippen MR) is 126 cm³/mol. The number of thiazole rings is 1. The van der Waals surface area contributed by atoms with Crippen LogP contribution in [0.2, 0.25) is 0 Å². The lowest BCUT2D eigenvalue weighted by Gasteiger charge is -2.20. The van der Waals surface area contributed by atoms with Gasteiger partial charge in [0.2, 0.25) is 5.91 Å². The Bertz CT molecular complexity index is 1260. The SMILES string of the molecule is NC(=O)c1cccc(OCC(=O)N(Cc2ccccc2)c2nc(-c3ccc(F)cc3)cs2)c1. The van der Waals surface area contributed by atoms with Crippen LogP contribution in [0, 0.1) is 5.82 Å². The average Bonchev–Trinajstić information content (AvgIpc) is 3.32. The maximum Gasteiger partial charge on any atom is 0.267 e. The van der Waals surface area contributed by atoms with Crippen molar-refractivity contribution in [2.75, 3.05) is 11.5 Å². The molecule has 2 N–H and O–H groups in total. The fraction of sp³-hybridized carbons (Fsp3) is 0.0800. The van der Waals surface area contributed by atoms with Crippen LogP contribution in [0.15, 0.2) is 84.2 Å². The summed E-state index contributed by atoms with van der Waals surface area (Å²) in [4.78, 5) is 30.7. The third-order valence-corrected chi connectivity index (χ3v) is 5.69. The zero-order chi connectivity index (χ0) is 23.2. The minimum atomic E-state index is -0.575. The van der Waals surface area contributed by atoms with E-state index in [0.717, 1.165) is 11.1 Å². The molecular formula is C25H20FN3O3S. The number of amides is 2. The first-order valence-corrected chi connectivity index (χ1v) is 11.0. The number of rotatable bonds is 8. The van der Waals surface area contributed by atoms with Crippen molar-refractivity contribution in [1.29, 1.82) is 0 Å². The molecule has 0 fully saturated rings. The first kappa shape index (κ1) is 22.2. The van der Waals surface area contributed by atoms with Gasteiger partial charge in [-0.2, -0.15) is 0 Å². The van der Waals surface area contributed by atoms with Crippen LogP contribution in [0.3, 0.4) is 0 Å². The largest absolute Gasteiger partial charge is 0.484 e. The second-order valence-electron chi connectivity index (χ2n) is 7.17. The zero-order valence-corrected chi connectivity index (χ0v) is 18.3. The van der Waals surface area contributed by atoms with Crippen molar-refractivity contribution < 1.29 is 18.7 Å². The third kappa shape index (κ3) is 5.61. The summed E-state index contributed by atoms with van der Waals surface area (Å²) >= 11 is 1.32. The maximum atomic E-state index is 13.3. The maximum absolute atomic E-state index is 13.3. The monoisotopic (exact) mass is 461 g/mol. The number of hydrogen-bond donors (Lipinski definition) is 1. The van der Waals surface area contributed by atoms with Gasteiger partial charge in [-0.15, -0.1) is 11.3 Å². The molecule has 0 unspecified atom stereocenters. The molecule has 6 nitrogen and oxygen atoms in total. The smallest absolute Gasteiger partial charge is 0.267 e. The first-order valence-electron chi connectivity index (χ1n) is 10.1. The lowest BCUT2D eigenvalue weighted by Crippen LogP contribution is -2.34. The van der Waals surface area contributed by atoms with Crippen LogP contribution in [-0.4, -0.2) is 23.4 Å². The molecule has 1 aromatic heterocycles. The van der Waals surface area contributed by atoms with E-state index in [-0.39, 0.29) is 18.3 Å². The van der Waals surface area contributed by atoms with Gasteiger partial charge in [0.05, 0.1) is 12.2 Å². The van der Waals surface area contributed by atoms with Crippen molar-refractivity contribution in [2.45, 2.75) is 6.54 Å². The Kier molecular flexibility index (Phi) is 6.75. The summed E-state index contributed by atoms with van der Waals surface area (Å²) in [5.74, 6) is -0.838. The van der Waals surface area contributed by atoms with Crippen molar-refractivity contribution in [1.82, 2.24) is 4.98 Å². The lowest BCUT2D eigenvalue weighted by molar-refractivity contribution is -0.120. The summed E-state index contributed by atoms with van der Waals surface area (Å²) in [5.41, 5.74) is 7.94. The van der Waals surface area contributed by atoms with E-state index in [0.29, 0.717) is 28.7 Å². The van der Waals surface area contributed by atoms with Crippen LogP contribution in [0.5, 0.6) is 5.75 Å². The number of halogens is 1. The Balaban J connectivity index is 1.56. The summed E-state index contributed by atoms with van der Waals surface area (Å²) in [6.07, 6.45) is 0.